The van der Waals surface area contributed by atoms with E-state index in [1.165, 1.54) is 0 Å². The fourth-order valence-electron chi connectivity index (χ4n) is 1.27. The zero-order valence-electron chi connectivity index (χ0n) is 7.97. The fourth-order valence-corrected chi connectivity index (χ4v) is 1.27. The lowest BCUT2D eigenvalue weighted by atomic mass is 10.0. The van der Waals surface area contributed by atoms with Crippen molar-refractivity contribution >= 4 is 12.4 Å². The van der Waals surface area contributed by atoms with Crippen molar-refractivity contribution in [2.24, 2.45) is 5.73 Å². The van der Waals surface area contributed by atoms with Crippen molar-refractivity contribution in [1.29, 1.82) is 0 Å². The van der Waals surface area contributed by atoms with Crippen LogP contribution >= 0.6 is 12.4 Å². The first-order valence-corrected chi connectivity index (χ1v) is 4.35. The average molecular weight is 222 g/mol. The van der Waals surface area contributed by atoms with Gasteiger partial charge in [-0.05, 0) is 24.6 Å². The van der Waals surface area contributed by atoms with E-state index >= 15 is 0 Å². The van der Waals surface area contributed by atoms with Gasteiger partial charge in [-0.1, -0.05) is 13.3 Å². The van der Waals surface area contributed by atoms with Crippen LogP contribution in [0.15, 0.2) is 18.2 Å². The molecule has 0 spiro atoms. The van der Waals surface area contributed by atoms with Crippen LogP contribution in [-0.2, 0) is 0 Å². The molecule has 0 aliphatic heterocycles. The molecule has 0 aliphatic carbocycles. The first kappa shape index (κ1) is 13.3. The molecule has 4 heteroatoms. The molecule has 0 saturated heterocycles. The first-order valence-electron chi connectivity index (χ1n) is 4.35. The largest absolute Gasteiger partial charge is 0.324 e. The summed E-state index contributed by atoms with van der Waals surface area (Å²) in [5.74, 6) is -0.870. The van der Waals surface area contributed by atoms with Crippen LogP contribution in [0.3, 0.4) is 0 Å². The Labute approximate surface area is 88.7 Å². The molecule has 80 valence electrons. The van der Waals surface area contributed by atoms with Crippen molar-refractivity contribution in [3.63, 3.8) is 0 Å². The van der Waals surface area contributed by atoms with E-state index in [1.807, 2.05) is 6.92 Å². The normalized spacial score (nSPS) is 12.0. The number of halogens is 3. The van der Waals surface area contributed by atoms with Crippen LogP contribution in [0.5, 0.6) is 0 Å². The summed E-state index contributed by atoms with van der Waals surface area (Å²) in [4.78, 5) is 0. The molecule has 1 atom stereocenters. The minimum atomic E-state index is -0.442. The van der Waals surface area contributed by atoms with Crippen LogP contribution in [0.2, 0.25) is 0 Å². The Kier molecular flexibility index (Phi) is 5.65. The van der Waals surface area contributed by atoms with E-state index in [0.717, 1.165) is 24.6 Å². The van der Waals surface area contributed by atoms with Gasteiger partial charge in [-0.2, -0.15) is 0 Å². The van der Waals surface area contributed by atoms with E-state index in [9.17, 15) is 8.78 Å². The van der Waals surface area contributed by atoms with E-state index in [1.54, 1.807) is 0 Å². The summed E-state index contributed by atoms with van der Waals surface area (Å²) in [6.07, 6.45) is 1.53. The highest BCUT2D eigenvalue weighted by atomic mass is 35.5. The second-order valence-electron chi connectivity index (χ2n) is 3.06. The van der Waals surface area contributed by atoms with Crippen molar-refractivity contribution in [1.82, 2.24) is 0 Å². The van der Waals surface area contributed by atoms with E-state index in [2.05, 4.69) is 0 Å². The van der Waals surface area contributed by atoms with Gasteiger partial charge in [0.05, 0.1) is 0 Å². The Morgan fingerprint density at radius 3 is 2.57 bits per heavy atom. The zero-order valence-corrected chi connectivity index (χ0v) is 8.78. The van der Waals surface area contributed by atoms with Crippen molar-refractivity contribution in [2.75, 3.05) is 0 Å². The Morgan fingerprint density at radius 2 is 2.00 bits per heavy atom. The van der Waals surface area contributed by atoms with Gasteiger partial charge in [0, 0.05) is 11.6 Å². The van der Waals surface area contributed by atoms with Gasteiger partial charge >= 0.3 is 0 Å². The maximum atomic E-state index is 13.1. The summed E-state index contributed by atoms with van der Waals surface area (Å²) in [5, 5.41) is 0. The van der Waals surface area contributed by atoms with E-state index in [-0.39, 0.29) is 18.0 Å². The molecule has 1 nitrogen and oxygen atoms in total. The smallest absolute Gasteiger partial charge is 0.128 e. The van der Waals surface area contributed by atoms with Crippen LogP contribution in [0.1, 0.15) is 31.4 Å². The van der Waals surface area contributed by atoms with Crippen molar-refractivity contribution in [2.45, 2.75) is 25.8 Å². The van der Waals surface area contributed by atoms with E-state index in [0.29, 0.717) is 6.42 Å². The molecule has 1 aromatic carbocycles. The highest BCUT2D eigenvalue weighted by Crippen LogP contribution is 2.19. The molecule has 0 amide bonds. The number of hydrogen-bond donors (Lipinski definition) is 1. The predicted octanol–water partition coefficient (Wildman–Crippen LogP) is 3.19. The molecule has 0 saturated carbocycles. The summed E-state index contributed by atoms with van der Waals surface area (Å²) in [6.45, 7) is 1.96. The lowest BCUT2D eigenvalue weighted by Crippen LogP contribution is -2.11. The van der Waals surface area contributed by atoms with Crippen LogP contribution in [0, 0.1) is 11.6 Å². The molecule has 2 N–H and O–H groups in total. The maximum absolute atomic E-state index is 13.1. The number of rotatable bonds is 3. The first-order chi connectivity index (χ1) is 6.15. The van der Waals surface area contributed by atoms with Crippen LogP contribution < -0.4 is 5.73 Å². The van der Waals surface area contributed by atoms with Crippen LogP contribution in [0.4, 0.5) is 8.78 Å². The summed E-state index contributed by atoms with van der Waals surface area (Å²) in [6, 6.07) is 2.97. The van der Waals surface area contributed by atoms with Gasteiger partial charge in [0.25, 0.3) is 0 Å². The topological polar surface area (TPSA) is 26.0 Å². The van der Waals surface area contributed by atoms with Gasteiger partial charge in [-0.15, -0.1) is 12.4 Å². The van der Waals surface area contributed by atoms with Crippen LogP contribution in [-0.4, -0.2) is 0 Å². The lowest BCUT2D eigenvalue weighted by Gasteiger charge is -2.11. The quantitative estimate of drug-likeness (QED) is 0.834. The second kappa shape index (κ2) is 5.94. The maximum Gasteiger partial charge on any atom is 0.128 e. The molecule has 1 aromatic rings. The summed E-state index contributed by atoms with van der Waals surface area (Å²) in [5.41, 5.74) is 5.93. The summed E-state index contributed by atoms with van der Waals surface area (Å²) < 4.78 is 25.8. The Bertz CT molecular complexity index is 291. The molecular formula is C10H14ClF2N. The third-order valence-electron chi connectivity index (χ3n) is 1.96. The number of benzene rings is 1. The lowest BCUT2D eigenvalue weighted by molar-refractivity contribution is 0.545. The van der Waals surface area contributed by atoms with Crippen molar-refractivity contribution < 1.29 is 8.78 Å². The highest BCUT2D eigenvalue weighted by molar-refractivity contribution is 5.85. The third kappa shape index (κ3) is 3.24. The monoisotopic (exact) mass is 221 g/mol. The molecule has 0 radical (unpaired) electrons. The molecule has 0 bridgehead atoms. The Morgan fingerprint density at radius 1 is 1.36 bits per heavy atom. The highest BCUT2D eigenvalue weighted by Gasteiger charge is 2.10. The molecule has 0 aliphatic rings. The summed E-state index contributed by atoms with van der Waals surface area (Å²) in [7, 11) is 0. The second-order valence-corrected chi connectivity index (χ2v) is 3.06. The van der Waals surface area contributed by atoms with Gasteiger partial charge < -0.3 is 5.73 Å². The van der Waals surface area contributed by atoms with Crippen molar-refractivity contribution in [3.8, 4) is 0 Å². The van der Waals surface area contributed by atoms with E-state index in [4.69, 9.17) is 5.73 Å². The molecule has 1 rings (SSSR count). The molecule has 0 aromatic heterocycles. The third-order valence-corrected chi connectivity index (χ3v) is 1.96. The van der Waals surface area contributed by atoms with Gasteiger partial charge in [0.2, 0.25) is 0 Å². The van der Waals surface area contributed by atoms with Gasteiger partial charge in [-0.25, -0.2) is 8.78 Å². The summed E-state index contributed by atoms with van der Waals surface area (Å²) >= 11 is 0. The molecular weight excluding hydrogens is 208 g/mol. The van der Waals surface area contributed by atoms with Crippen molar-refractivity contribution in [3.05, 3.63) is 35.4 Å². The van der Waals surface area contributed by atoms with Gasteiger partial charge in [0.15, 0.2) is 0 Å². The molecule has 0 fully saturated rings. The fraction of sp³-hybridized carbons (Fsp3) is 0.400. The Hall–Kier alpha value is -0.670. The molecule has 14 heavy (non-hydrogen) atoms. The number of nitrogens with two attached hydrogens (primary N) is 1. The minimum Gasteiger partial charge on any atom is -0.324 e. The van der Waals surface area contributed by atoms with E-state index < -0.39 is 17.7 Å². The average Bonchev–Trinajstić information content (AvgIpc) is 2.09. The zero-order chi connectivity index (χ0) is 9.84. The standard InChI is InChI=1S/C10H13F2N.ClH/c1-2-3-10(13)8-6-7(11)4-5-9(8)12;/h4-6,10H,2-3,13H2,1H3;1H. The number of hydrogen-bond acceptors (Lipinski definition) is 1. The van der Waals surface area contributed by atoms with Gasteiger partial charge in [-0.3, -0.25) is 0 Å². The predicted molar refractivity (Wildman–Crippen MR) is 55.4 cm³/mol. The SMILES string of the molecule is CCCC(N)c1cc(F)ccc1F.Cl. The molecule has 0 heterocycles. The Balaban J connectivity index is 0.00000169. The minimum absolute atomic E-state index is 0. The van der Waals surface area contributed by atoms with Gasteiger partial charge in [0.1, 0.15) is 11.6 Å². The molecule has 1 unspecified atom stereocenters. The van der Waals surface area contributed by atoms with Crippen LogP contribution in [0.25, 0.3) is 0 Å².